The van der Waals surface area contributed by atoms with Crippen LogP contribution in [-0.4, -0.2) is 37.2 Å². The minimum absolute atomic E-state index is 0.130. The number of carbonyl (C=O) groups excluding carboxylic acids is 3. The molecule has 6 nitrogen and oxygen atoms in total. The lowest BCUT2D eigenvalue weighted by molar-refractivity contribution is -0.167. The molecule has 0 bridgehead atoms. The Balaban J connectivity index is 4.61. The molecule has 0 aliphatic carbocycles. The summed E-state index contributed by atoms with van der Waals surface area (Å²) >= 11 is 0. The number of rotatable bonds is 56. The highest BCUT2D eigenvalue weighted by molar-refractivity contribution is 5.71. The molecule has 0 amide bonds. The molecule has 6 heteroatoms. The van der Waals surface area contributed by atoms with E-state index in [-0.39, 0.29) is 37.5 Å². The van der Waals surface area contributed by atoms with Gasteiger partial charge in [0.15, 0.2) is 6.10 Å². The minimum Gasteiger partial charge on any atom is -0.462 e. The zero-order valence-electron chi connectivity index (χ0n) is 52.2. The van der Waals surface area contributed by atoms with Crippen molar-refractivity contribution in [1.82, 2.24) is 0 Å². The van der Waals surface area contributed by atoms with Crippen LogP contribution in [0.4, 0.5) is 0 Å². The standard InChI is InChI=1S/C76H116O6/c1-4-7-10-13-16-19-22-25-28-31-33-35-37-38-40-41-43-45-48-51-54-57-60-63-66-69-75(78)81-72-73(71-80-74(77)68-65-62-59-56-53-50-47-30-27-24-21-18-15-12-9-6-3)82-76(79)70-67-64-61-58-55-52-49-46-44-42-39-36-34-32-29-26-23-20-17-14-11-8-5-2/h7-8,10-11,16-17,19-21,24-26,28-30,33-36,38,40,42-45,47,49,51-52,54,58,61,73H,4-6,9,12-15,18,22-23,27,31-32,37,39,41,46,48,50,53,55-57,59-60,62-72H2,1-3H3/b10-7-,11-8-,19-16-,20-17-,24-21-,28-25-,29-26-,35-33-,36-34-,40-38-,44-42-,45-43-,47-30-,52-49-,54-51-,61-58-. The van der Waals surface area contributed by atoms with Crippen LogP contribution in [-0.2, 0) is 28.6 Å². The Bertz CT molecular complexity index is 1970. The second-order valence-corrected chi connectivity index (χ2v) is 20.5. The van der Waals surface area contributed by atoms with E-state index < -0.39 is 6.10 Å². The van der Waals surface area contributed by atoms with Gasteiger partial charge in [-0.25, -0.2) is 0 Å². The molecule has 1 atom stereocenters. The van der Waals surface area contributed by atoms with E-state index in [1.807, 2.05) is 0 Å². The molecule has 0 aliphatic heterocycles. The van der Waals surface area contributed by atoms with Gasteiger partial charge in [-0.2, -0.15) is 0 Å². The van der Waals surface area contributed by atoms with Gasteiger partial charge in [0.25, 0.3) is 0 Å². The van der Waals surface area contributed by atoms with E-state index >= 15 is 0 Å². The third-order valence-corrected chi connectivity index (χ3v) is 12.8. The van der Waals surface area contributed by atoms with Crippen molar-refractivity contribution in [2.75, 3.05) is 13.2 Å². The Morgan fingerprint density at radius 1 is 0.256 bits per heavy atom. The van der Waals surface area contributed by atoms with Crippen LogP contribution < -0.4 is 0 Å². The van der Waals surface area contributed by atoms with Gasteiger partial charge in [0.05, 0.1) is 0 Å². The minimum atomic E-state index is -0.843. The predicted molar refractivity (Wildman–Crippen MR) is 357 cm³/mol. The Morgan fingerprint density at radius 2 is 0.488 bits per heavy atom. The molecule has 82 heavy (non-hydrogen) atoms. The van der Waals surface area contributed by atoms with Crippen LogP contribution >= 0.6 is 0 Å². The summed E-state index contributed by atoms with van der Waals surface area (Å²) in [5, 5.41) is 0. The Hall–Kier alpha value is -5.75. The molecule has 456 valence electrons. The smallest absolute Gasteiger partial charge is 0.306 e. The van der Waals surface area contributed by atoms with Crippen molar-refractivity contribution in [2.45, 2.75) is 252 Å². The highest BCUT2D eigenvalue weighted by atomic mass is 16.6. The lowest BCUT2D eigenvalue weighted by atomic mass is 10.1. The summed E-state index contributed by atoms with van der Waals surface area (Å²) in [5.41, 5.74) is 0. The quantitative estimate of drug-likeness (QED) is 0.0261. The normalized spacial score (nSPS) is 13.5. The van der Waals surface area contributed by atoms with Crippen LogP contribution in [0.1, 0.15) is 245 Å². The maximum Gasteiger partial charge on any atom is 0.306 e. The van der Waals surface area contributed by atoms with Crippen LogP contribution in [0.15, 0.2) is 194 Å². The Morgan fingerprint density at radius 3 is 0.793 bits per heavy atom. The third-order valence-electron chi connectivity index (χ3n) is 12.8. The molecule has 0 rings (SSSR count). The molecule has 0 aliphatic rings. The molecule has 0 saturated carbocycles. The highest BCUT2D eigenvalue weighted by Gasteiger charge is 2.19. The molecular formula is C76H116O6. The third kappa shape index (κ3) is 65.1. The molecule has 0 aromatic carbocycles. The zero-order chi connectivity index (χ0) is 59.2. The van der Waals surface area contributed by atoms with E-state index in [0.29, 0.717) is 19.3 Å². The fraction of sp³-hybridized carbons (Fsp3) is 0.539. The predicted octanol–water partition coefficient (Wildman–Crippen LogP) is 22.6. The van der Waals surface area contributed by atoms with E-state index in [2.05, 4.69) is 215 Å². The fourth-order valence-electron chi connectivity index (χ4n) is 8.03. The second-order valence-electron chi connectivity index (χ2n) is 20.5. The summed E-state index contributed by atoms with van der Waals surface area (Å²) in [6, 6.07) is 0. The van der Waals surface area contributed by atoms with Gasteiger partial charge in [-0.15, -0.1) is 0 Å². The zero-order valence-corrected chi connectivity index (χ0v) is 52.2. The van der Waals surface area contributed by atoms with Crippen molar-refractivity contribution in [3.8, 4) is 0 Å². The van der Waals surface area contributed by atoms with Crippen molar-refractivity contribution < 1.29 is 28.6 Å². The van der Waals surface area contributed by atoms with Crippen LogP contribution in [0.5, 0.6) is 0 Å². The molecule has 0 aromatic rings. The first-order chi connectivity index (χ1) is 40.5. The SMILES string of the molecule is CC/C=C\C/C=C\C/C=C\C/C=C\C/C=C\C/C=C\C/C=C\CCCCCC(=O)OCC(COC(=O)CCCCCCC/C=C\C/C=C\CCCCCC)OC(=O)CCC/C=C\C/C=C\C/C=C\C/C=C\C/C=C\C/C=C\C/C=C\CC. The van der Waals surface area contributed by atoms with Gasteiger partial charge >= 0.3 is 17.9 Å². The van der Waals surface area contributed by atoms with E-state index in [9.17, 15) is 14.4 Å². The summed E-state index contributed by atoms with van der Waals surface area (Å²) in [6.07, 6.45) is 103. The van der Waals surface area contributed by atoms with Crippen molar-refractivity contribution in [3.63, 3.8) is 0 Å². The summed E-state index contributed by atoms with van der Waals surface area (Å²) in [7, 11) is 0. The van der Waals surface area contributed by atoms with Crippen molar-refractivity contribution >= 4 is 17.9 Å². The van der Waals surface area contributed by atoms with Crippen molar-refractivity contribution in [1.29, 1.82) is 0 Å². The van der Waals surface area contributed by atoms with Crippen LogP contribution in [0.3, 0.4) is 0 Å². The average Bonchev–Trinajstić information content (AvgIpc) is 3.47. The largest absolute Gasteiger partial charge is 0.462 e. The van der Waals surface area contributed by atoms with Gasteiger partial charge in [-0.05, 0) is 161 Å². The number of esters is 3. The molecule has 1 unspecified atom stereocenters. The van der Waals surface area contributed by atoms with Crippen LogP contribution in [0.25, 0.3) is 0 Å². The summed E-state index contributed by atoms with van der Waals surface area (Å²) in [4.78, 5) is 38.3. The molecule has 0 fully saturated rings. The summed E-state index contributed by atoms with van der Waals surface area (Å²) in [5.74, 6) is -1.05. The molecule has 0 aromatic heterocycles. The number of unbranched alkanes of at least 4 members (excludes halogenated alkanes) is 13. The number of ether oxygens (including phenoxy) is 3. The van der Waals surface area contributed by atoms with Gasteiger partial charge in [0, 0.05) is 19.3 Å². The van der Waals surface area contributed by atoms with Gasteiger partial charge in [-0.1, -0.05) is 260 Å². The molecular weight excluding hydrogens is 1010 g/mol. The molecule has 0 spiro atoms. The Kier molecular flexibility index (Phi) is 63.0. The first kappa shape index (κ1) is 76.2. The molecule has 0 heterocycles. The van der Waals surface area contributed by atoms with E-state index in [1.54, 1.807) is 0 Å². The van der Waals surface area contributed by atoms with Gasteiger partial charge in [-0.3, -0.25) is 14.4 Å². The van der Waals surface area contributed by atoms with E-state index in [1.165, 1.54) is 32.1 Å². The first-order valence-electron chi connectivity index (χ1n) is 32.4. The molecule has 0 radical (unpaired) electrons. The first-order valence-corrected chi connectivity index (χ1v) is 32.4. The number of carbonyl (C=O) groups is 3. The summed E-state index contributed by atoms with van der Waals surface area (Å²) < 4.78 is 16.8. The van der Waals surface area contributed by atoms with Gasteiger partial charge < -0.3 is 14.2 Å². The summed E-state index contributed by atoms with van der Waals surface area (Å²) in [6.45, 7) is 6.29. The highest BCUT2D eigenvalue weighted by Crippen LogP contribution is 2.12. The van der Waals surface area contributed by atoms with Gasteiger partial charge in [0.1, 0.15) is 13.2 Å². The average molecular weight is 1130 g/mol. The lowest BCUT2D eigenvalue weighted by Crippen LogP contribution is -2.30. The van der Waals surface area contributed by atoms with E-state index in [0.717, 1.165) is 167 Å². The van der Waals surface area contributed by atoms with Crippen LogP contribution in [0.2, 0.25) is 0 Å². The Labute approximate surface area is 503 Å². The maximum atomic E-state index is 12.9. The number of hydrogen-bond acceptors (Lipinski definition) is 6. The van der Waals surface area contributed by atoms with Crippen molar-refractivity contribution in [2.24, 2.45) is 0 Å². The van der Waals surface area contributed by atoms with E-state index in [4.69, 9.17) is 14.2 Å². The van der Waals surface area contributed by atoms with Crippen molar-refractivity contribution in [3.05, 3.63) is 194 Å². The molecule has 0 N–H and O–H groups in total. The van der Waals surface area contributed by atoms with Gasteiger partial charge in [0.2, 0.25) is 0 Å². The second kappa shape index (κ2) is 67.8. The van der Waals surface area contributed by atoms with Crippen LogP contribution in [0, 0.1) is 0 Å². The fourth-order valence-corrected chi connectivity index (χ4v) is 8.03. The topological polar surface area (TPSA) is 78.9 Å². The number of hydrogen-bond donors (Lipinski definition) is 0. The molecule has 0 saturated heterocycles. The number of allylic oxidation sites excluding steroid dienone is 32. The monoisotopic (exact) mass is 1120 g/mol. The maximum absolute atomic E-state index is 12.9. The lowest BCUT2D eigenvalue weighted by Gasteiger charge is -2.18.